The Labute approximate surface area is 131 Å². The molecule has 1 fully saturated rings. The van der Waals surface area contributed by atoms with Crippen LogP contribution in [0.4, 0.5) is 0 Å². The fourth-order valence-electron chi connectivity index (χ4n) is 2.28. The Balaban J connectivity index is 0.00000200. The number of sulfonamides is 1. The van der Waals surface area contributed by atoms with Gasteiger partial charge >= 0.3 is 0 Å². The fourth-order valence-corrected chi connectivity index (χ4v) is 4.25. The van der Waals surface area contributed by atoms with Gasteiger partial charge in [0.05, 0.1) is 5.02 Å². The normalized spacial score (nSPS) is 23.1. The summed E-state index contributed by atoms with van der Waals surface area (Å²) in [6.07, 6.45) is 0.796. The summed E-state index contributed by atoms with van der Waals surface area (Å²) >= 11 is 6.04. The van der Waals surface area contributed by atoms with Gasteiger partial charge in [-0.1, -0.05) is 24.6 Å². The average Bonchev–Trinajstić information content (AvgIpc) is 2.31. The van der Waals surface area contributed by atoms with Crippen molar-refractivity contribution in [1.29, 1.82) is 0 Å². The fraction of sp³-hybridized carbons (Fsp3) is 0.538. The van der Waals surface area contributed by atoms with Crippen LogP contribution in [0.1, 0.15) is 18.9 Å². The number of rotatable bonds is 3. The number of hydrogen-bond acceptors (Lipinski definition) is 3. The summed E-state index contributed by atoms with van der Waals surface area (Å²) in [5.41, 5.74) is 0.944. The highest BCUT2D eigenvalue weighted by molar-refractivity contribution is 7.89. The summed E-state index contributed by atoms with van der Waals surface area (Å²) in [7, 11) is -3.55. The van der Waals surface area contributed by atoms with E-state index in [1.807, 2.05) is 13.8 Å². The lowest BCUT2D eigenvalue weighted by molar-refractivity contribution is 0.328. The molecule has 1 aliphatic rings. The molecule has 7 heteroatoms. The van der Waals surface area contributed by atoms with Crippen molar-refractivity contribution < 1.29 is 8.42 Å². The molecular weight excluding hydrogens is 319 g/mol. The molecule has 0 amide bonds. The molecule has 2 unspecified atom stereocenters. The number of piperidine rings is 1. The molecule has 1 aromatic rings. The molecular formula is C13H20Cl2N2O2S. The predicted octanol–water partition coefficient (Wildman–Crippen LogP) is 2.35. The first-order valence-electron chi connectivity index (χ1n) is 6.39. The molecule has 0 spiro atoms. The predicted molar refractivity (Wildman–Crippen MR) is 84.2 cm³/mol. The van der Waals surface area contributed by atoms with Crippen molar-refractivity contribution >= 4 is 34.0 Å². The van der Waals surface area contributed by atoms with Crippen LogP contribution in [0.2, 0.25) is 5.02 Å². The van der Waals surface area contributed by atoms with E-state index in [2.05, 4.69) is 10.0 Å². The zero-order chi connectivity index (χ0) is 14.0. The zero-order valence-corrected chi connectivity index (χ0v) is 13.9. The number of hydrogen-bond donors (Lipinski definition) is 2. The Bertz CT molecular complexity index is 563. The minimum atomic E-state index is -3.55. The standard InChI is InChI=1S/C13H19ClN2O2S.ClH/c1-9-3-4-13(11(14)7-9)19(17,18)16-12-5-6-15-8-10(12)2;/h3-4,7,10,12,15-16H,5-6,8H2,1-2H3;1H. The van der Waals surface area contributed by atoms with Crippen molar-refractivity contribution in [2.45, 2.75) is 31.2 Å². The van der Waals surface area contributed by atoms with Crippen molar-refractivity contribution in [1.82, 2.24) is 10.0 Å². The maximum Gasteiger partial charge on any atom is 0.242 e. The topological polar surface area (TPSA) is 58.2 Å². The van der Waals surface area contributed by atoms with Gasteiger partial charge in [0.2, 0.25) is 10.0 Å². The van der Waals surface area contributed by atoms with Gasteiger partial charge in [0, 0.05) is 6.04 Å². The highest BCUT2D eigenvalue weighted by Crippen LogP contribution is 2.23. The molecule has 20 heavy (non-hydrogen) atoms. The van der Waals surface area contributed by atoms with Crippen LogP contribution in [0.25, 0.3) is 0 Å². The van der Waals surface area contributed by atoms with Crippen LogP contribution >= 0.6 is 24.0 Å². The first-order valence-corrected chi connectivity index (χ1v) is 8.25. The summed E-state index contributed by atoms with van der Waals surface area (Å²) < 4.78 is 27.5. The van der Waals surface area contributed by atoms with Crippen LogP contribution < -0.4 is 10.0 Å². The number of nitrogens with one attached hydrogen (secondary N) is 2. The molecule has 2 rings (SSSR count). The third kappa shape index (κ3) is 4.09. The molecule has 0 bridgehead atoms. The van der Waals surface area contributed by atoms with Gasteiger partial charge in [-0.15, -0.1) is 12.4 Å². The molecule has 1 aliphatic heterocycles. The van der Waals surface area contributed by atoms with Crippen molar-refractivity contribution in [3.8, 4) is 0 Å². The maximum absolute atomic E-state index is 12.4. The first-order chi connectivity index (χ1) is 8.90. The Morgan fingerprint density at radius 1 is 1.40 bits per heavy atom. The van der Waals surface area contributed by atoms with Crippen LogP contribution in [0.5, 0.6) is 0 Å². The number of aryl methyl sites for hydroxylation is 1. The molecule has 1 aromatic carbocycles. The van der Waals surface area contributed by atoms with Gasteiger partial charge < -0.3 is 5.32 Å². The molecule has 0 radical (unpaired) electrons. The van der Waals surface area contributed by atoms with Crippen LogP contribution in [-0.2, 0) is 10.0 Å². The second kappa shape index (κ2) is 7.09. The maximum atomic E-state index is 12.4. The lowest BCUT2D eigenvalue weighted by Gasteiger charge is -2.30. The van der Waals surface area contributed by atoms with Gasteiger partial charge in [-0.2, -0.15) is 0 Å². The smallest absolute Gasteiger partial charge is 0.242 e. The molecule has 1 saturated heterocycles. The van der Waals surface area contributed by atoms with Gasteiger partial charge in [0.15, 0.2) is 0 Å². The third-order valence-corrected chi connectivity index (χ3v) is 5.44. The van der Waals surface area contributed by atoms with Crippen molar-refractivity contribution in [2.75, 3.05) is 13.1 Å². The van der Waals surface area contributed by atoms with E-state index in [0.717, 1.165) is 25.1 Å². The largest absolute Gasteiger partial charge is 0.316 e. The number of halogens is 2. The van der Waals surface area contributed by atoms with Gasteiger partial charge in [-0.3, -0.25) is 0 Å². The van der Waals surface area contributed by atoms with Crippen LogP contribution in [0, 0.1) is 12.8 Å². The van der Waals surface area contributed by atoms with Gasteiger partial charge in [-0.05, 0) is 50.0 Å². The van der Waals surface area contributed by atoms with Gasteiger partial charge in [0.1, 0.15) is 4.90 Å². The van der Waals surface area contributed by atoms with Gasteiger partial charge in [0.25, 0.3) is 0 Å². The van der Waals surface area contributed by atoms with Crippen LogP contribution in [-0.4, -0.2) is 27.5 Å². The summed E-state index contributed by atoms with van der Waals surface area (Å²) in [5, 5.41) is 3.52. The summed E-state index contributed by atoms with van der Waals surface area (Å²) in [6, 6.07) is 4.95. The minimum absolute atomic E-state index is 0. The highest BCUT2D eigenvalue weighted by Gasteiger charge is 2.27. The van der Waals surface area contributed by atoms with Crippen LogP contribution in [0.3, 0.4) is 0 Å². The van der Waals surface area contributed by atoms with E-state index < -0.39 is 10.0 Å². The van der Waals surface area contributed by atoms with E-state index in [-0.39, 0.29) is 34.3 Å². The molecule has 2 atom stereocenters. The summed E-state index contributed by atoms with van der Waals surface area (Å²) in [5.74, 6) is 0.271. The Morgan fingerprint density at radius 3 is 2.70 bits per heavy atom. The Hall–Kier alpha value is -0.330. The SMILES string of the molecule is Cc1ccc(S(=O)(=O)NC2CCNCC2C)c(Cl)c1.Cl. The molecule has 1 heterocycles. The quantitative estimate of drug-likeness (QED) is 0.889. The lowest BCUT2D eigenvalue weighted by Crippen LogP contribution is -2.48. The van der Waals surface area contributed by atoms with E-state index in [0.29, 0.717) is 0 Å². The van der Waals surface area contributed by atoms with E-state index in [4.69, 9.17) is 11.6 Å². The minimum Gasteiger partial charge on any atom is -0.316 e. The van der Waals surface area contributed by atoms with E-state index in [9.17, 15) is 8.42 Å². The van der Waals surface area contributed by atoms with Gasteiger partial charge in [-0.25, -0.2) is 13.1 Å². The summed E-state index contributed by atoms with van der Waals surface area (Å²) in [4.78, 5) is 0.158. The van der Waals surface area contributed by atoms with Crippen molar-refractivity contribution in [3.63, 3.8) is 0 Å². The molecule has 2 N–H and O–H groups in total. The Morgan fingerprint density at radius 2 is 2.10 bits per heavy atom. The second-order valence-corrected chi connectivity index (χ2v) is 7.22. The van der Waals surface area contributed by atoms with E-state index in [1.54, 1.807) is 18.2 Å². The molecule has 0 saturated carbocycles. The third-order valence-electron chi connectivity index (χ3n) is 3.47. The second-order valence-electron chi connectivity index (χ2n) is 5.13. The summed E-state index contributed by atoms with van der Waals surface area (Å²) in [6.45, 7) is 5.58. The highest BCUT2D eigenvalue weighted by atomic mass is 35.5. The molecule has 4 nitrogen and oxygen atoms in total. The van der Waals surface area contributed by atoms with Crippen LogP contribution in [0.15, 0.2) is 23.1 Å². The average molecular weight is 339 g/mol. The van der Waals surface area contributed by atoms with E-state index in [1.165, 1.54) is 0 Å². The Kier molecular flexibility index (Phi) is 6.28. The molecule has 114 valence electrons. The monoisotopic (exact) mass is 338 g/mol. The van der Waals surface area contributed by atoms with E-state index >= 15 is 0 Å². The number of benzene rings is 1. The van der Waals surface area contributed by atoms with Crippen molar-refractivity contribution in [2.24, 2.45) is 5.92 Å². The lowest BCUT2D eigenvalue weighted by atomic mass is 9.97. The molecule has 0 aliphatic carbocycles. The first kappa shape index (κ1) is 17.7. The molecule has 0 aromatic heterocycles. The zero-order valence-electron chi connectivity index (χ0n) is 11.5. The van der Waals surface area contributed by atoms with Crippen molar-refractivity contribution in [3.05, 3.63) is 28.8 Å².